The maximum absolute atomic E-state index is 12.0. The fraction of sp³-hybridized carbons (Fsp3) is 0.462. The van der Waals surface area contributed by atoms with Crippen molar-refractivity contribution >= 4 is 5.78 Å². The number of ketones is 1. The lowest BCUT2D eigenvalue weighted by Crippen LogP contribution is -2.06. The van der Waals surface area contributed by atoms with E-state index in [1.807, 2.05) is 26.0 Å². The van der Waals surface area contributed by atoms with Gasteiger partial charge in [0.15, 0.2) is 5.78 Å². The van der Waals surface area contributed by atoms with E-state index >= 15 is 0 Å². The first-order valence-corrected chi connectivity index (χ1v) is 5.33. The number of hydrogen-bond donors (Lipinski definition) is 0. The lowest BCUT2D eigenvalue weighted by molar-refractivity contribution is 0.0964. The monoisotopic (exact) mass is 204 g/mol. The van der Waals surface area contributed by atoms with Crippen molar-refractivity contribution in [2.45, 2.75) is 26.7 Å². The summed E-state index contributed by atoms with van der Waals surface area (Å²) in [5.41, 5.74) is 2.99. The normalized spacial score (nSPS) is 15.1. The van der Waals surface area contributed by atoms with Gasteiger partial charge in [-0.25, -0.2) is 0 Å². The van der Waals surface area contributed by atoms with Gasteiger partial charge in [0.25, 0.3) is 0 Å². The largest absolute Gasteiger partial charge is 0.496 e. The van der Waals surface area contributed by atoms with Crippen molar-refractivity contribution in [1.29, 1.82) is 0 Å². The Kier molecular flexibility index (Phi) is 2.51. The van der Waals surface area contributed by atoms with E-state index < -0.39 is 0 Å². The zero-order valence-corrected chi connectivity index (χ0v) is 9.46. The molecule has 0 unspecified atom stereocenters. The maximum atomic E-state index is 12.0. The molecule has 0 radical (unpaired) electrons. The van der Waals surface area contributed by atoms with Gasteiger partial charge in [0.05, 0.1) is 12.7 Å². The molecule has 0 aliphatic heterocycles. The van der Waals surface area contributed by atoms with Crippen LogP contribution in [0.1, 0.15) is 34.3 Å². The minimum absolute atomic E-state index is 0.245. The van der Waals surface area contributed by atoms with Gasteiger partial charge in [-0.15, -0.1) is 0 Å². The van der Waals surface area contributed by atoms with Crippen molar-refractivity contribution in [3.05, 3.63) is 28.8 Å². The number of carbonyl (C=O) groups excluding carboxylic acids is 1. The Morgan fingerprint density at radius 1 is 1.33 bits per heavy atom. The number of methoxy groups -OCH3 is 1. The Bertz CT molecular complexity index is 403. The lowest BCUT2D eigenvalue weighted by atomic mass is 9.99. The molecular weight excluding hydrogens is 188 g/mol. The van der Waals surface area contributed by atoms with Crippen molar-refractivity contribution in [2.75, 3.05) is 7.11 Å². The molecule has 1 aliphatic carbocycles. The van der Waals surface area contributed by atoms with Gasteiger partial charge in [-0.1, -0.05) is 6.07 Å². The number of ether oxygens (including phenoxy) is 1. The molecule has 80 valence electrons. The second kappa shape index (κ2) is 3.69. The molecular formula is C13H16O2. The Labute approximate surface area is 90.3 Å². The first-order chi connectivity index (χ1) is 7.15. The van der Waals surface area contributed by atoms with Gasteiger partial charge in [0.2, 0.25) is 0 Å². The average Bonchev–Trinajstić information content (AvgIpc) is 3.04. The van der Waals surface area contributed by atoms with Gasteiger partial charge in [0, 0.05) is 5.92 Å². The van der Waals surface area contributed by atoms with Crippen LogP contribution in [-0.2, 0) is 0 Å². The Morgan fingerprint density at radius 2 is 2.00 bits per heavy atom. The summed E-state index contributed by atoms with van der Waals surface area (Å²) in [7, 11) is 1.63. The SMILES string of the molecule is COc1c(C(=O)C2CC2)ccc(C)c1C. The summed E-state index contributed by atoms with van der Waals surface area (Å²) in [6, 6.07) is 3.88. The maximum Gasteiger partial charge on any atom is 0.169 e. The topological polar surface area (TPSA) is 26.3 Å². The van der Waals surface area contributed by atoms with Crippen molar-refractivity contribution in [2.24, 2.45) is 5.92 Å². The molecule has 1 aromatic rings. The highest BCUT2D eigenvalue weighted by molar-refractivity contribution is 6.02. The van der Waals surface area contributed by atoms with Crippen LogP contribution in [0.3, 0.4) is 0 Å². The fourth-order valence-corrected chi connectivity index (χ4v) is 1.81. The Morgan fingerprint density at radius 3 is 2.53 bits per heavy atom. The first kappa shape index (κ1) is 10.2. The molecule has 2 rings (SSSR count). The zero-order chi connectivity index (χ0) is 11.0. The van der Waals surface area contributed by atoms with Crippen LogP contribution in [0.5, 0.6) is 5.75 Å². The number of aryl methyl sites for hydroxylation is 1. The second-order valence-electron chi connectivity index (χ2n) is 4.23. The summed E-state index contributed by atoms with van der Waals surface area (Å²) in [5, 5.41) is 0. The smallest absolute Gasteiger partial charge is 0.169 e. The molecule has 0 saturated heterocycles. The summed E-state index contributed by atoms with van der Waals surface area (Å²) in [6.45, 7) is 4.03. The summed E-state index contributed by atoms with van der Waals surface area (Å²) < 4.78 is 5.34. The first-order valence-electron chi connectivity index (χ1n) is 5.33. The molecule has 15 heavy (non-hydrogen) atoms. The van der Waals surface area contributed by atoms with Crippen LogP contribution in [0.15, 0.2) is 12.1 Å². The number of hydrogen-bond acceptors (Lipinski definition) is 2. The van der Waals surface area contributed by atoms with E-state index in [1.165, 1.54) is 5.56 Å². The van der Waals surface area contributed by atoms with Crippen molar-refractivity contribution in [1.82, 2.24) is 0 Å². The van der Waals surface area contributed by atoms with Crippen LogP contribution >= 0.6 is 0 Å². The van der Waals surface area contributed by atoms with E-state index in [0.29, 0.717) is 0 Å². The van der Waals surface area contributed by atoms with Crippen LogP contribution in [0.25, 0.3) is 0 Å². The summed E-state index contributed by atoms with van der Waals surface area (Å²) in [4.78, 5) is 12.0. The molecule has 0 N–H and O–H groups in total. The molecule has 0 bridgehead atoms. The molecule has 1 saturated carbocycles. The summed E-state index contributed by atoms with van der Waals surface area (Å²) >= 11 is 0. The average molecular weight is 204 g/mol. The third kappa shape index (κ3) is 1.76. The summed E-state index contributed by atoms with van der Waals surface area (Å²) in [5.74, 6) is 1.25. The van der Waals surface area contributed by atoms with Gasteiger partial charge >= 0.3 is 0 Å². The Hall–Kier alpha value is -1.31. The van der Waals surface area contributed by atoms with Crippen LogP contribution in [0.2, 0.25) is 0 Å². The molecule has 2 heteroatoms. The zero-order valence-electron chi connectivity index (χ0n) is 9.46. The van der Waals surface area contributed by atoms with Crippen LogP contribution in [0, 0.1) is 19.8 Å². The lowest BCUT2D eigenvalue weighted by Gasteiger charge is -2.12. The van der Waals surface area contributed by atoms with Crippen LogP contribution in [0.4, 0.5) is 0 Å². The standard InChI is InChI=1S/C13H16O2/c1-8-4-7-11(12(14)10-5-6-10)13(15-3)9(8)2/h4,7,10H,5-6H2,1-3H3. The molecule has 1 aromatic carbocycles. The number of benzene rings is 1. The van der Waals surface area contributed by atoms with E-state index in [4.69, 9.17) is 4.74 Å². The molecule has 1 fully saturated rings. The molecule has 0 aromatic heterocycles. The van der Waals surface area contributed by atoms with E-state index in [1.54, 1.807) is 7.11 Å². The second-order valence-corrected chi connectivity index (χ2v) is 4.23. The fourth-order valence-electron chi connectivity index (χ4n) is 1.81. The number of Topliss-reactive ketones (excluding diaryl/α,β-unsaturated/α-hetero) is 1. The van der Waals surface area contributed by atoms with Gasteiger partial charge in [-0.3, -0.25) is 4.79 Å². The summed E-state index contributed by atoms with van der Waals surface area (Å²) in [6.07, 6.45) is 2.07. The van der Waals surface area contributed by atoms with E-state index in [-0.39, 0.29) is 11.7 Å². The number of rotatable bonds is 3. The predicted octanol–water partition coefficient (Wildman–Crippen LogP) is 2.90. The van der Waals surface area contributed by atoms with E-state index in [2.05, 4.69) is 0 Å². The van der Waals surface area contributed by atoms with E-state index in [9.17, 15) is 4.79 Å². The molecule has 0 spiro atoms. The molecule has 0 amide bonds. The van der Waals surface area contributed by atoms with Crippen LogP contribution in [-0.4, -0.2) is 12.9 Å². The van der Waals surface area contributed by atoms with Crippen molar-refractivity contribution in [3.63, 3.8) is 0 Å². The van der Waals surface area contributed by atoms with Gasteiger partial charge in [-0.05, 0) is 43.9 Å². The molecule has 1 aliphatic rings. The van der Waals surface area contributed by atoms with Gasteiger partial charge in [0.1, 0.15) is 5.75 Å². The van der Waals surface area contributed by atoms with E-state index in [0.717, 1.165) is 29.7 Å². The van der Waals surface area contributed by atoms with Crippen LogP contribution < -0.4 is 4.74 Å². The highest BCUT2D eigenvalue weighted by Crippen LogP contribution is 2.36. The molecule has 0 heterocycles. The quantitative estimate of drug-likeness (QED) is 0.708. The van der Waals surface area contributed by atoms with Crippen molar-refractivity contribution in [3.8, 4) is 5.75 Å². The third-order valence-corrected chi connectivity index (χ3v) is 3.09. The molecule has 0 atom stereocenters. The van der Waals surface area contributed by atoms with Gasteiger partial charge in [-0.2, -0.15) is 0 Å². The highest BCUT2D eigenvalue weighted by atomic mass is 16.5. The number of carbonyl (C=O) groups is 1. The molecule has 2 nitrogen and oxygen atoms in total. The Balaban J connectivity index is 2.46. The minimum Gasteiger partial charge on any atom is -0.496 e. The predicted molar refractivity (Wildman–Crippen MR) is 59.5 cm³/mol. The minimum atomic E-state index is 0.245. The van der Waals surface area contributed by atoms with Crippen molar-refractivity contribution < 1.29 is 9.53 Å². The van der Waals surface area contributed by atoms with Gasteiger partial charge < -0.3 is 4.74 Å². The highest BCUT2D eigenvalue weighted by Gasteiger charge is 2.32. The third-order valence-electron chi connectivity index (χ3n) is 3.09.